The molecule has 1 unspecified atom stereocenters. The van der Waals surface area contributed by atoms with Gasteiger partial charge in [-0.3, -0.25) is 4.79 Å². The third kappa shape index (κ3) is 3.10. The van der Waals surface area contributed by atoms with Crippen molar-refractivity contribution in [3.63, 3.8) is 0 Å². The van der Waals surface area contributed by atoms with Crippen LogP contribution in [-0.2, 0) is 9.59 Å². The molecule has 4 nitrogen and oxygen atoms in total. The minimum Gasteiger partial charge on any atom is -0.424 e. The van der Waals surface area contributed by atoms with E-state index in [9.17, 15) is 9.59 Å². The fourth-order valence-electron chi connectivity index (χ4n) is 1.85. The van der Waals surface area contributed by atoms with E-state index in [4.69, 9.17) is 4.74 Å². The molecule has 0 saturated carbocycles. The first kappa shape index (κ1) is 13.1. The summed E-state index contributed by atoms with van der Waals surface area (Å²) < 4.78 is 5.34. The molecule has 4 heteroatoms. The molecular formula is C15H15NO3. The molecule has 1 amide bonds. The molecule has 2 aromatic carbocycles. The van der Waals surface area contributed by atoms with Crippen LogP contribution in [0.5, 0.6) is 5.75 Å². The fourth-order valence-corrected chi connectivity index (χ4v) is 1.85. The van der Waals surface area contributed by atoms with Gasteiger partial charge in [0.1, 0.15) is 11.8 Å². The SMILES string of the molecule is CC(=O)NC(C)C(=O)Oc1cccc2ccccc12. The highest BCUT2D eigenvalue weighted by Crippen LogP contribution is 2.25. The quantitative estimate of drug-likeness (QED) is 0.678. The van der Waals surface area contributed by atoms with Gasteiger partial charge in [0.25, 0.3) is 0 Å². The average molecular weight is 257 g/mol. The van der Waals surface area contributed by atoms with Crippen LogP contribution in [0.1, 0.15) is 13.8 Å². The van der Waals surface area contributed by atoms with Crippen molar-refractivity contribution in [1.29, 1.82) is 0 Å². The fraction of sp³-hybridized carbons (Fsp3) is 0.200. The van der Waals surface area contributed by atoms with Crippen LogP contribution in [0.25, 0.3) is 10.8 Å². The molecule has 0 aliphatic heterocycles. The van der Waals surface area contributed by atoms with E-state index in [0.717, 1.165) is 10.8 Å². The zero-order chi connectivity index (χ0) is 13.8. The van der Waals surface area contributed by atoms with Gasteiger partial charge < -0.3 is 10.1 Å². The van der Waals surface area contributed by atoms with Crippen molar-refractivity contribution >= 4 is 22.6 Å². The number of fused-ring (bicyclic) bond motifs is 1. The Hall–Kier alpha value is -2.36. The summed E-state index contributed by atoms with van der Waals surface area (Å²) in [5, 5.41) is 4.37. The zero-order valence-electron chi connectivity index (χ0n) is 10.8. The van der Waals surface area contributed by atoms with Gasteiger partial charge in [-0.25, -0.2) is 4.79 Å². The van der Waals surface area contributed by atoms with Gasteiger partial charge in [-0.2, -0.15) is 0 Å². The summed E-state index contributed by atoms with van der Waals surface area (Å²) in [5.41, 5.74) is 0. The predicted molar refractivity (Wildman–Crippen MR) is 72.9 cm³/mol. The lowest BCUT2D eigenvalue weighted by atomic mass is 10.1. The van der Waals surface area contributed by atoms with Gasteiger partial charge in [-0.1, -0.05) is 36.4 Å². The van der Waals surface area contributed by atoms with Crippen LogP contribution in [0.15, 0.2) is 42.5 Å². The number of rotatable bonds is 3. The highest BCUT2D eigenvalue weighted by Gasteiger charge is 2.16. The van der Waals surface area contributed by atoms with Crippen LogP contribution in [0.2, 0.25) is 0 Å². The molecule has 0 aliphatic rings. The van der Waals surface area contributed by atoms with Crippen LogP contribution in [-0.4, -0.2) is 17.9 Å². The number of benzene rings is 2. The molecular weight excluding hydrogens is 242 g/mol. The van der Waals surface area contributed by atoms with Gasteiger partial charge in [0.2, 0.25) is 5.91 Å². The van der Waals surface area contributed by atoms with Crippen LogP contribution in [0.4, 0.5) is 0 Å². The van der Waals surface area contributed by atoms with Gasteiger partial charge in [-0.05, 0) is 18.4 Å². The van der Waals surface area contributed by atoms with Crippen LogP contribution in [0.3, 0.4) is 0 Å². The number of carbonyl (C=O) groups is 2. The molecule has 98 valence electrons. The van der Waals surface area contributed by atoms with E-state index in [1.807, 2.05) is 36.4 Å². The Morgan fingerprint density at radius 3 is 2.53 bits per heavy atom. The maximum absolute atomic E-state index is 11.9. The number of hydrogen-bond acceptors (Lipinski definition) is 3. The van der Waals surface area contributed by atoms with Crippen LogP contribution < -0.4 is 10.1 Å². The second kappa shape index (κ2) is 5.52. The van der Waals surface area contributed by atoms with Crippen molar-refractivity contribution in [3.8, 4) is 5.75 Å². The Balaban J connectivity index is 2.22. The normalized spacial score (nSPS) is 11.9. The Labute approximate surface area is 111 Å². The Morgan fingerprint density at radius 1 is 1.11 bits per heavy atom. The van der Waals surface area contributed by atoms with Crippen LogP contribution in [0, 0.1) is 0 Å². The predicted octanol–water partition coefficient (Wildman–Crippen LogP) is 2.27. The lowest BCUT2D eigenvalue weighted by Gasteiger charge is -2.13. The van der Waals surface area contributed by atoms with Gasteiger partial charge in [0, 0.05) is 12.3 Å². The number of esters is 1. The Bertz CT molecular complexity index is 616. The molecule has 0 aliphatic carbocycles. The van der Waals surface area contributed by atoms with Crippen LogP contribution >= 0.6 is 0 Å². The van der Waals surface area contributed by atoms with Crippen molar-refractivity contribution in [2.75, 3.05) is 0 Å². The van der Waals surface area contributed by atoms with Gasteiger partial charge in [0.15, 0.2) is 0 Å². The molecule has 2 rings (SSSR count). The molecule has 0 radical (unpaired) electrons. The monoisotopic (exact) mass is 257 g/mol. The molecule has 0 fully saturated rings. The average Bonchev–Trinajstić information content (AvgIpc) is 2.38. The van der Waals surface area contributed by atoms with E-state index in [-0.39, 0.29) is 5.91 Å². The van der Waals surface area contributed by atoms with Crippen molar-refractivity contribution in [2.24, 2.45) is 0 Å². The zero-order valence-corrected chi connectivity index (χ0v) is 10.8. The molecule has 1 N–H and O–H groups in total. The first-order chi connectivity index (χ1) is 9.08. The summed E-state index contributed by atoms with van der Waals surface area (Å²) in [6, 6.07) is 12.5. The molecule has 1 atom stereocenters. The Morgan fingerprint density at radius 2 is 1.79 bits per heavy atom. The number of carbonyl (C=O) groups excluding carboxylic acids is 2. The van der Waals surface area contributed by atoms with E-state index >= 15 is 0 Å². The summed E-state index contributed by atoms with van der Waals surface area (Å²) >= 11 is 0. The molecule has 0 heterocycles. The minimum absolute atomic E-state index is 0.262. The van der Waals surface area contributed by atoms with Crippen molar-refractivity contribution in [3.05, 3.63) is 42.5 Å². The van der Waals surface area contributed by atoms with E-state index in [1.54, 1.807) is 13.0 Å². The largest absolute Gasteiger partial charge is 0.424 e. The summed E-state index contributed by atoms with van der Waals surface area (Å²) in [4.78, 5) is 22.8. The molecule has 2 aromatic rings. The first-order valence-electron chi connectivity index (χ1n) is 6.04. The summed E-state index contributed by atoms with van der Waals surface area (Å²) in [5.74, 6) is -0.241. The standard InChI is InChI=1S/C15H15NO3/c1-10(16-11(2)17)15(18)19-14-9-5-7-12-6-3-4-8-13(12)14/h3-10H,1-2H3,(H,16,17). The summed E-state index contributed by atoms with van der Waals surface area (Å²) in [7, 11) is 0. The molecule has 0 aromatic heterocycles. The highest BCUT2D eigenvalue weighted by atomic mass is 16.5. The van der Waals surface area contributed by atoms with E-state index < -0.39 is 12.0 Å². The van der Waals surface area contributed by atoms with E-state index in [2.05, 4.69) is 5.32 Å². The molecule has 0 bridgehead atoms. The number of amides is 1. The Kier molecular flexibility index (Phi) is 3.80. The molecule has 0 spiro atoms. The van der Waals surface area contributed by atoms with Crippen molar-refractivity contribution in [1.82, 2.24) is 5.32 Å². The summed E-state index contributed by atoms with van der Waals surface area (Å²) in [6.45, 7) is 2.95. The maximum atomic E-state index is 11.9. The highest BCUT2D eigenvalue weighted by molar-refractivity contribution is 5.91. The molecule has 0 saturated heterocycles. The number of nitrogens with one attached hydrogen (secondary N) is 1. The van der Waals surface area contributed by atoms with E-state index in [0.29, 0.717) is 5.75 Å². The van der Waals surface area contributed by atoms with Crippen molar-refractivity contribution < 1.29 is 14.3 Å². The van der Waals surface area contributed by atoms with Gasteiger partial charge in [-0.15, -0.1) is 0 Å². The number of hydrogen-bond donors (Lipinski definition) is 1. The lowest BCUT2D eigenvalue weighted by Crippen LogP contribution is -2.39. The summed E-state index contributed by atoms with van der Waals surface area (Å²) in [6.07, 6.45) is 0. The maximum Gasteiger partial charge on any atom is 0.333 e. The third-order valence-corrected chi connectivity index (χ3v) is 2.73. The second-order valence-electron chi connectivity index (χ2n) is 4.32. The first-order valence-corrected chi connectivity index (χ1v) is 6.04. The second-order valence-corrected chi connectivity index (χ2v) is 4.32. The third-order valence-electron chi connectivity index (χ3n) is 2.73. The minimum atomic E-state index is -0.670. The van der Waals surface area contributed by atoms with Crippen molar-refractivity contribution in [2.45, 2.75) is 19.9 Å². The molecule has 19 heavy (non-hydrogen) atoms. The van der Waals surface area contributed by atoms with Gasteiger partial charge in [0.05, 0.1) is 0 Å². The van der Waals surface area contributed by atoms with Gasteiger partial charge >= 0.3 is 5.97 Å². The smallest absolute Gasteiger partial charge is 0.333 e. The lowest BCUT2D eigenvalue weighted by molar-refractivity contribution is -0.138. The number of ether oxygens (including phenoxy) is 1. The topological polar surface area (TPSA) is 55.4 Å². The van der Waals surface area contributed by atoms with E-state index in [1.165, 1.54) is 6.92 Å².